The zero-order valence-corrected chi connectivity index (χ0v) is 11.7. The van der Waals surface area contributed by atoms with Gasteiger partial charge in [0.15, 0.2) is 0 Å². The largest absolute Gasteiger partial charge is 0.399 e. The minimum absolute atomic E-state index is 0.223. The van der Waals surface area contributed by atoms with E-state index >= 15 is 0 Å². The monoisotopic (exact) mass is 276 g/mol. The van der Waals surface area contributed by atoms with E-state index in [9.17, 15) is 4.79 Å². The van der Waals surface area contributed by atoms with Crippen LogP contribution in [0.1, 0.15) is 29.2 Å². The van der Waals surface area contributed by atoms with Crippen molar-refractivity contribution in [2.45, 2.75) is 20.3 Å². The Morgan fingerprint density at radius 2 is 2.21 bits per heavy atom. The summed E-state index contributed by atoms with van der Waals surface area (Å²) in [4.78, 5) is 12.0. The first-order chi connectivity index (χ1) is 9.04. The van der Waals surface area contributed by atoms with Crippen molar-refractivity contribution in [2.75, 3.05) is 11.1 Å². The van der Waals surface area contributed by atoms with Gasteiger partial charge in [0.05, 0.1) is 0 Å². The van der Waals surface area contributed by atoms with Crippen LogP contribution in [-0.4, -0.2) is 16.1 Å². The second-order valence-corrected chi connectivity index (χ2v) is 5.74. The number of hydrogen-bond donors (Lipinski definition) is 2. The van der Waals surface area contributed by atoms with Crippen molar-refractivity contribution in [3.8, 4) is 0 Å². The van der Waals surface area contributed by atoms with E-state index in [1.54, 1.807) is 24.3 Å². The molecule has 0 atom stereocenters. The van der Waals surface area contributed by atoms with Crippen molar-refractivity contribution in [1.29, 1.82) is 0 Å². The minimum atomic E-state index is -0.223. The predicted molar refractivity (Wildman–Crippen MR) is 77.3 cm³/mol. The highest BCUT2D eigenvalue weighted by Crippen LogP contribution is 2.19. The lowest BCUT2D eigenvalue weighted by atomic mass is 10.1. The van der Waals surface area contributed by atoms with Crippen LogP contribution in [0.2, 0.25) is 0 Å². The molecular weight excluding hydrogens is 260 g/mol. The molecule has 3 N–H and O–H groups in total. The molecule has 0 aliphatic carbocycles. The van der Waals surface area contributed by atoms with E-state index in [1.165, 1.54) is 11.3 Å². The minimum Gasteiger partial charge on any atom is -0.399 e. The summed E-state index contributed by atoms with van der Waals surface area (Å²) in [6.45, 7) is 4.23. The van der Waals surface area contributed by atoms with Crippen molar-refractivity contribution >= 4 is 28.1 Å². The average Bonchev–Trinajstić information content (AvgIpc) is 2.75. The maximum atomic E-state index is 12.0. The van der Waals surface area contributed by atoms with Crippen LogP contribution in [0.4, 0.5) is 10.8 Å². The molecule has 1 amide bonds. The number of carbonyl (C=O) groups excluding carboxylic acids is 1. The van der Waals surface area contributed by atoms with Gasteiger partial charge in [-0.3, -0.25) is 10.1 Å². The lowest BCUT2D eigenvalue weighted by Gasteiger charge is -2.01. The number of rotatable bonds is 4. The quantitative estimate of drug-likeness (QED) is 0.841. The number of anilines is 2. The van der Waals surface area contributed by atoms with Crippen molar-refractivity contribution in [1.82, 2.24) is 10.2 Å². The summed E-state index contributed by atoms with van der Waals surface area (Å²) in [5, 5.41) is 12.2. The Hall–Kier alpha value is -1.95. The molecule has 0 aliphatic heterocycles. The van der Waals surface area contributed by atoms with E-state index in [4.69, 9.17) is 5.73 Å². The Kier molecular flexibility index (Phi) is 4.11. The Bertz CT molecular complexity index is 580. The van der Waals surface area contributed by atoms with Crippen LogP contribution in [0.3, 0.4) is 0 Å². The summed E-state index contributed by atoms with van der Waals surface area (Å²) in [5.41, 5.74) is 6.72. The first kappa shape index (κ1) is 13.5. The zero-order chi connectivity index (χ0) is 13.8. The molecule has 0 saturated carbocycles. The van der Waals surface area contributed by atoms with E-state index < -0.39 is 0 Å². The van der Waals surface area contributed by atoms with Crippen LogP contribution in [0.15, 0.2) is 24.3 Å². The normalized spacial score (nSPS) is 10.7. The van der Waals surface area contributed by atoms with Gasteiger partial charge in [0.1, 0.15) is 5.01 Å². The third-order valence-corrected chi connectivity index (χ3v) is 3.28. The molecule has 0 saturated heterocycles. The number of nitrogens with one attached hydrogen (secondary N) is 1. The standard InChI is InChI=1S/C13H16N4OS/c1-8(2)6-11-16-17-13(19-11)15-12(18)9-4-3-5-10(14)7-9/h3-5,7-8H,6,14H2,1-2H3,(H,15,17,18). The Balaban J connectivity index is 2.05. The number of nitrogens with zero attached hydrogens (tertiary/aromatic N) is 2. The van der Waals surface area contributed by atoms with Crippen molar-refractivity contribution in [2.24, 2.45) is 5.92 Å². The lowest BCUT2D eigenvalue weighted by molar-refractivity contribution is 0.102. The topological polar surface area (TPSA) is 80.9 Å². The molecule has 0 fully saturated rings. The SMILES string of the molecule is CC(C)Cc1nnc(NC(=O)c2cccc(N)c2)s1. The van der Waals surface area contributed by atoms with E-state index in [0.29, 0.717) is 22.3 Å². The van der Waals surface area contributed by atoms with Gasteiger partial charge in [-0.15, -0.1) is 10.2 Å². The Morgan fingerprint density at radius 3 is 2.89 bits per heavy atom. The van der Waals surface area contributed by atoms with Gasteiger partial charge < -0.3 is 5.73 Å². The first-order valence-electron chi connectivity index (χ1n) is 6.04. The van der Waals surface area contributed by atoms with E-state index in [2.05, 4.69) is 29.4 Å². The third kappa shape index (κ3) is 3.75. The number of carbonyl (C=O) groups is 1. The van der Waals surface area contributed by atoms with Gasteiger partial charge in [0.25, 0.3) is 5.91 Å². The van der Waals surface area contributed by atoms with Gasteiger partial charge in [-0.2, -0.15) is 0 Å². The van der Waals surface area contributed by atoms with Crippen LogP contribution < -0.4 is 11.1 Å². The Labute approximate surface area is 115 Å². The van der Waals surface area contributed by atoms with Crippen molar-refractivity contribution in [3.05, 3.63) is 34.8 Å². The van der Waals surface area contributed by atoms with Gasteiger partial charge in [-0.05, 0) is 24.1 Å². The first-order valence-corrected chi connectivity index (χ1v) is 6.85. The predicted octanol–water partition coefficient (Wildman–Crippen LogP) is 2.57. The van der Waals surface area contributed by atoms with E-state index in [1.807, 2.05) is 0 Å². The van der Waals surface area contributed by atoms with Gasteiger partial charge in [-0.1, -0.05) is 31.3 Å². The summed E-state index contributed by atoms with van der Waals surface area (Å²) < 4.78 is 0. The summed E-state index contributed by atoms with van der Waals surface area (Å²) in [6.07, 6.45) is 0.867. The van der Waals surface area contributed by atoms with Crippen molar-refractivity contribution < 1.29 is 4.79 Å². The molecule has 0 aliphatic rings. The van der Waals surface area contributed by atoms with Gasteiger partial charge in [0.2, 0.25) is 5.13 Å². The molecule has 2 aromatic rings. The molecule has 0 unspecified atom stereocenters. The highest BCUT2D eigenvalue weighted by atomic mass is 32.1. The second kappa shape index (κ2) is 5.79. The van der Waals surface area contributed by atoms with Crippen LogP contribution >= 0.6 is 11.3 Å². The third-order valence-electron chi connectivity index (χ3n) is 2.42. The molecule has 1 heterocycles. The smallest absolute Gasteiger partial charge is 0.257 e. The lowest BCUT2D eigenvalue weighted by Crippen LogP contribution is -2.11. The highest BCUT2D eigenvalue weighted by Gasteiger charge is 2.11. The molecule has 1 aromatic heterocycles. The number of nitrogens with two attached hydrogens (primary N) is 1. The zero-order valence-electron chi connectivity index (χ0n) is 10.9. The van der Waals surface area contributed by atoms with Crippen LogP contribution in [0, 0.1) is 5.92 Å². The fourth-order valence-corrected chi connectivity index (χ4v) is 2.53. The molecular formula is C13H16N4OS. The molecule has 6 heteroatoms. The summed E-state index contributed by atoms with van der Waals surface area (Å²) in [6, 6.07) is 6.82. The summed E-state index contributed by atoms with van der Waals surface area (Å²) in [5.74, 6) is 0.296. The molecule has 0 spiro atoms. The van der Waals surface area contributed by atoms with E-state index in [-0.39, 0.29) is 5.91 Å². The molecule has 0 radical (unpaired) electrons. The molecule has 1 aromatic carbocycles. The molecule has 2 rings (SSSR count). The number of nitrogen functional groups attached to an aromatic ring is 1. The van der Waals surface area contributed by atoms with Gasteiger partial charge in [-0.25, -0.2) is 0 Å². The summed E-state index contributed by atoms with van der Waals surface area (Å²) >= 11 is 1.40. The number of aromatic nitrogens is 2. The van der Waals surface area contributed by atoms with Crippen LogP contribution in [0.25, 0.3) is 0 Å². The fourth-order valence-electron chi connectivity index (χ4n) is 1.59. The second-order valence-electron chi connectivity index (χ2n) is 4.68. The average molecular weight is 276 g/mol. The van der Waals surface area contributed by atoms with Gasteiger partial charge in [0, 0.05) is 17.7 Å². The molecule has 5 nitrogen and oxygen atoms in total. The van der Waals surface area contributed by atoms with Crippen LogP contribution in [-0.2, 0) is 6.42 Å². The Morgan fingerprint density at radius 1 is 1.42 bits per heavy atom. The molecule has 19 heavy (non-hydrogen) atoms. The summed E-state index contributed by atoms with van der Waals surface area (Å²) in [7, 11) is 0. The van der Waals surface area contributed by atoms with E-state index in [0.717, 1.165) is 11.4 Å². The number of amides is 1. The maximum Gasteiger partial charge on any atom is 0.257 e. The van der Waals surface area contributed by atoms with Crippen molar-refractivity contribution in [3.63, 3.8) is 0 Å². The van der Waals surface area contributed by atoms with Gasteiger partial charge >= 0.3 is 0 Å². The molecule has 0 bridgehead atoms. The fraction of sp³-hybridized carbons (Fsp3) is 0.308. The number of benzene rings is 1. The number of hydrogen-bond acceptors (Lipinski definition) is 5. The maximum absolute atomic E-state index is 12.0. The van der Waals surface area contributed by atoms with Crippen LogP contribution in [0.5, 0.6) is 0 Å². The highest BCUT2D eigenvalue weighted by molar-refractivity contribution is 7.15. The molecule has 100 valence electrons.